The van der Waals surface area contributed by atoms with E-state index in [-0.39, 0.29) is 6.61 Å². The van der Waals surface area contributed by atoms with Crippen molar-refractivity contribution in [1.29, 1.82) is 0 Å². The molecule has 2 unspecified atom stereocenters. The van der Waals surface area contributed by atoms with Crippen LogP contribution in [0.4, 0.5) is 5.69 Å². The van der Waals surface area contributed by atoms with Gasteiger partial charge in [-0.15, -0.1) is 0 Å². The second kappa shape index (κ2) is 6.31. The molecule has 0 amide bonds. The van der Waals surface area contributed by atoms with Gasteiger partial charge in [-0.25, -0.2) is 0 Å². The van der Waals surface area contributed by atoms with E-state index in [1.807, 2.05) is 11.8 Å². The number of thioether (sulfide) groups is 1. The molecule has 1 heterocycles. The van der Waals surface area contributed by atoms with Crippen LogP contribution >= 0.6 is 11.8 Å². The summed E-state index contributed by atoms with van der Waals surface area (Å²) in [6.07, 6.45) is 3.06. The number of aryl methyl sites for hydroxylation is 1. The highest BCUT2D eigenvalue weighted by molar-refractivity contribution is 8.00. The van der Waals surface area contributed by atoms with Crippen molar-refractivity contribution in [1.82, 2.24) is 0 Å². The smallest absolute Gasteiger partial charge is 0.0434 e. The fraction of sp³-hybridized carbons (Fsp3) is 0.571. The van der Waals surface area contributed by atoms with Gasteiger partial charge in [0.2, 0.25) is 0 Å². The van der Waals surface area contributed by atoms with Crippen molar-refractivity contribution in [3.8, 4) is 0 Å². The number of aliphatic hydroxyl groups is 1. The largest absolute Gasteiger partial charge is 0.396 e. The molecule has 1 aromatic rings. The van der Waals surface area contributed by atoms with Gasteiger partial charge in [0.25, 0.3) is 0 Å². The van der Waals surface area contributed by atoms with Crippen molar-refractivity contribution >= 4 is 17.4 Å². The summed E-state index contributed by atoms with van der Waals surface area (Å²) < 4.78 is 0. The van der Waals surface area contributed by atoms with E-state index in [2.05, 4.69) is 36.5 Å². The number of rotatable bonds is 5. The van der Waals surface area contributed by atoms with Gasteiger partial charge in [-0.2, -0.15) is 11.8 Å². The van der Waals surface area contributed by atoms with E-state index in [4.69, 9.17) is 5.11 Å². The van der Waals surface area contributed by atoms with Gasteiger partial charge in [0, 0.05) is 29.3 Å². The second-order valence-electron chi connectivity index (χ2n) is 4.75. The van der Waals surface area contributed by atoms with Gasteiger partial charge >= 0.3 is 0 Å². The molecule has 1 aliphatic rings. The van der Waals surface area contributed by atoms with Crippen LogP contribution in [0.15, 0.2) is 24.3 Å². The molecule has 1 aliphatic heterocycles. The van der Waals surface area contributed by atoms with Crippen LogP contribution in [0.1, 0.15) is 25.3 Å². The summed E-state index contributed by atoms with van der Waals surface area (Å²) in [4.78, 5) is 0. The van der Waals surface area contributed by atoms with Crippen LogP contribution in [0, 0.1) is 0 Å². The van der Waals surface area contributed by atoms with Gasteiger partial charge < -0.3 is 10.4 Å². The average Bonchev–Trinajstić information content (AvgIpc) is 2.73. The maximum absolute atomic E-state index is 8.84. The summed E-state index contributed by atoms with van der Waals surface area (Å²) in [7, 11) is 0. The Bertz CT molecular complexity index is 356. The topological polar surface area (TPSA) is 32.3 Å². The molecule has 0 aliphatic carbocycles. The second-order valence-corrected chi connectivity index (χ2v) is 6.22. The molecule has 2 nitrogen and oxygen atoms in total. The molecule has 0 radical (unpaired) electrons. The number of hydrogen-bond donors (Lipinski definition) is 2. The zero-order valence-electron chi connectivity index (χ0n) is 10.4. The molecule has 0 aromatic heterocycles. The van der Waals surface area contributed by atoms with Crippen molar-refractivity contribution in [2.75, 3.05) is 17.7 Å². The first kappa shape index (κ1) is 12.8. The molecular weight excluding hydrogens is 230 g/mol. The maximum Gasteiger partial charge on any atom is 0.0434 e. The molecule has 94 valence electrons. The zero-order valence-corrected chi connectivity index (χ0v) is 11.2. The van der Waals surface area contributed by atoms with Crippen LogP contribution in [0.2, 0.25) is 0 Å². The number of anilines is 1. The standard InChI is InChI=1S/C14H21NOS/c1-11-8-14(10-17-11)15-13-6-2-4-12(9-13)5-3-7-16/h2,4,6,9,11,14-16H,3,5,7-8,10H2,1H3. The molecule has 2 atom stereocenters. The lowest BCUT2D eigenvalue weighted by molar-refractivity contribution is 0.288. The Morgan fingerprint density at radius 1 is 1.47 bits per heavy atom. The minimum atomic E-state index is 0.272. The third-order valence-corrected chi connectivity index (χ3v) is 4.48. The SMILES string of the molecule is CC1CC(Nc2cccc(CCCO)c2)CS1. The number of benzene rings is 1. The van der Waals surface area contributed by atoms with E-state index in [1.54, 1.807) is 0 Å². The van der Waals surface area contributed by atoms with Crippen molar-refractivity contribution in [2.24, 2.45) is 0 Å². The van der Waals surface area contributed by atoms with Crippen LogP contribution < -0.4 is 5.32 Å². The summed E-state index contributed by atoms with van der Waals surface area (Å²) in [6.45, 7) is 2.57. The molecule has 0 saturated carbocycles. The highest BCUT2D eigenvalue weighted by atomic mass is 32.2. The molecule has 1 saturated heterocycles. The van der Waals surface area contributed by atoms with Crippen molar-refractivity contribution in [2.45, 2.75) is 37.5 Å². The summed E-state index contributed by atoms with van der Waals surface area (Å²) in [5.41, 5.74) is 2.53. The van der Waals surface area contributed by atoms with E-state index in [9.17, 15) is 0 Å². The molecule has 2 rings (SSSR count). The Labute approximate surface area is 108 Å². The first-order valence-corrected chi connectivity index (χ1v) is 7.41. The predicted molar refractivity (Wildman–Crippen MR) is 75.8 cm³/mol. The van der Waals surface area contributed by atoms with Crippen LogP contribution in [0.5, 0.6) is 0 Å². The first-order chi connectivity index (χ1) is 8.28. The first-order valence-electron chi connectivity index (χ1n) is 6.36. The van der Waals surface area contributed by atoms with Gasteiger partial charge in [0.15, 0.2) is 0 Å². The van der Waals surface area contributed by atoms with Crippen molar-refractivity contribution in [3.05, 3.63) is 29.8 Å². The van der Waals surface area contributed by atoms with Crippen LogP contribution in [0.3, 0.4) is 0 Å². The Morgan fingerprint density at radius 2 is 2.35 bits per heavy atom. The zero-order chi connectivity index (χ0) is 12.1. The number of nitrogens with one attached hydrogen (secondary N) is 1. The van der Waals surface area contributed by atoms with Gasteiger partial charge in [-0.05, 0) is 37.0 Å². The molecule has 1 fully saturated rings. The fourth-order valence-electron chi connectivity index (χ4n) is 2.25. The summed E-state index contributed by atoms with van der Waals surface area (Å²) in [6, 6.07) is 9.19. The molecular formula is C14H21NOS. The van der Waals surface area contributed by atoms with Gasteiger partial charge in [0.1, 0.15) is 0 Å². The highest BCUT2D eigenvalue weighted by Crippen LogP contribution is 2.28. The molecule has 1 aromatic carbocycles. The fourth-order valence-corrected chi connectivity index (χ4v) is 3.40. The van der Waals surface area contributed by atoms with E-state index in [0.717, 1.165) is 18.1 Å². The summed E-state index contributed by atoms with van der Waals surface area (Å²) in [5.74, 6) is 1.21. The van der Waals surface area contributed by atoms with E-state index >= 15 is 0 Å². The van der Waals surface area contributed by atoms with Crippen molar-refractivity contribution < 1.29 is 5.11 Å². The minimum Gasteiger partial charge on any atom is -0.396 e. The van der Waals surface area contributed by atoms with Gasteiger partial charge in [0.05, 0.1) is 0 Å². The van der Waals surface area contributed by atoms with E-state index in [1.165, 1.54) is 23.4 Å². The number of hydrogen-bond acceptors (Lipinski definition) is 3. The van der Waals surface area contributed by atoms with Crippen LogP contribution in [-0.4, -0.2) is 28.8 Å². The summed E-state index contributed by atoms with van der Waals surface area (Å²) in [5, 5.41) is 13.2. The Hall–Kier alpha value is -0.670. The number of aliphatic hydroxyl groups excluding tert-OH is 1. The maximum atomic E-state index is 8.84. The Kier molecular flexibility index (Phi) is 4.75. The minimum absolute atomic E-state index is 0.272. The Balaban J connectivity index is 1.91. The predicted octanol–water partition coefficient (Wildman–Crippen LogP) is 2.92. The molecule has 3 heteroatoms. The molecule has 2 N–H and O–H groups in total. The lowest BCUT2D eigenvalue weighted by Crippen LogP contribution is -2.18. The molecule has 0 bridgehead atoms. The quantitative estimate of drug-likeness (QED) is 0.844. The third-order valence-electron chi connectivity index (χ3n) is 3.12. The summed E-state index contributed by atoms with van der Waals surface area (Å²) >= 11 is 2.05. The van der Waals surface area contributed by atoms with E-state index < -0.39 is 0 Å². The normalized spacial score (nSPS) is 23.9. The van der Waals surface area contributed by atoms with Crippen LogP contribution in [-0.2, 0) is 6.42 Å². The van der Waals surface area contributed by atoms with Gasteiger partial charge in [-0.1, -0.05) is 19.1 Å². The average molecular weight is 251 g/mol. The lowest BCUT2D eigenvalue weighted by atomic mass is 10.1. The van der Waals surface area contributed by atoms with Crippen LogP contribution in [0.25, 0.3) is 0 Å². The van der Waals surface area contributed by atoms with Crippen molar-refractivity contribution in [3.63, 3.8) is 0 Å². The monoisotopic (exact) mass is 251 g/mol. The molecule has 17 heavy (non-hydrogen) atoms. The highest BCUT2D eigenvalue weighted by Gasteiger charge is 2.21. The van der Waals surface area contributed by atoms with E-state index in [0.29, 0.717) is 6.04 Å². The third kappa shape index (κ3) is 3.93. The molecule has 0 spiro atoms. The van der Waals surface area contributed by atoms with Gasteiger partial charge in [-0.3, -0.25) is 0 Å². The Morgan fingerprint density at radius 3 is 3.06 bits per heavy atom. The lowest BCUT2D eigenvalue weighted by Gasteiger charge is -2.14.